The van der Waals surface area contributed by atoms with E-state index in [1.807, 2.05) is 19.1 Å². The molecule has 0 unspecified atom stereocenters. The average molecular weight is 392 g/mol. The van der Waals surface area contributed by atoms with Crippen molar-refractivity contribution in [3.05, 3.63) is 70.5 Å². The van der Waals surface area contributed by atoms with Crippen molar-refractivity contribution in [3.8, 4) is 0 Å². The van der Waals surface area contributed by atoms with Gasteiger partial charge in [-0.05, 0) is 41.3 Å². The van der Waals surface area contributed by atoms with Crippen LogP contribution in [0.4, 0.5) is 4.39 Å². The minimum atomic E-state index is -1.05. The molecule has 0 aliphatic carbocycles. The zero-order chi connectivity index (χ0) is 20.0. The number of aliphatic carboxylic acids is 1. The second-order valence-corrected chi connectivity index (χ2v) is 7.07. The number of benzene rings is 2. The molecule has 2 aromatic carbocycles. The number of nitrogens with one attached hydrogen (secondary N) is 1. The smallest absolute Gasteiger partial charge is 0.326 e. The fourth-order valence-electron chi connectivity index (χ4n) is 2.92. The van der Waals surface area contributed by atoms with E-state index in [0.717, 1.165) is 11.1 Å². The summed E-state index contributed by atoms with van der Waals surface area (Å²) < 4.78 is 13.3. The summed E-state index contributed by atoms with van der Waals surface area (Å²) in [6.45, 7) is 3.66. The highest BCUT2D eigenvalue weighted by Gasteiger charge is 2.27. The molecule has 0 saturated carbocycles. The lowest BCUT2D eigenvalue weighted by Crippen LogP contribution is -2.45. The van der Waals surface area contributed by atoms with Crippen LogP contribution in [0, 0.1) is 11.7 Å². The van der Waals surface area contributed by atoms with Gasteiger partial charge in [0.25, 0.3) is 0 Å². The molecule has 0 heterocycles. The topological polar surface area (TPSA) is 66.4 Å². The Bertz CT molecular complexity index is 732. The van der Waals surface area contributed by atoms with E-state index in [9.17, 15) is 19.1 Å². The Morgan fingerprint density at radius 1 is 1.07 bits per heavy atom. The standard InChI is InChI=1S/C21H23ClFNO3/c1-3-13(2)20(21(26)27)24-19(25)12-18(14-4-8-16(22)9-5-14)15-6-10-17(23)11-7-15/h4-11,13,18,20H,3,12H2,1-2H3,(H,24,25)(H,26,27)/t13-,18+,20-/m0/s1. The molecule has 27 heavy (non-hydrogen) atoms. The highest BCUT2D eigenvalue weighted by atomic mass is 35.5. The quantitative estimate of drug-likeness (QED) is 0.690. The molecule has 2 rings (SSSR count). The normalized spacial score (nSPS) is 14.2. The predicted molar refractivity (Wildman–Crippen MR) is 103 cm³/mol. The second kappa shape index (κ2) is 9.51. The van der Waals surface area contributed by atoms with Crippen LogP contribution in [0.3, 0.4) is 0 Å². The molecule has 0 radical (unpaired) electrons. The number of carboxylic acids is 1. The molecular weight excluding hydrogens is 369 g/mol. The molecular formula is C21H23ClFNO3. The third-order valence-corrected chi connectivity index (χ3v) is 4.98. The Balaban J connectivity index is 2.25. The van der Waals surface area contributed by atoms with E-state index >= 15 is 0 Å². The fourth-order valence-corrected chi connectivity index (χ4v) is 3.05. The lowest BCUT2D eigenvalue weighted by molar-refractivity contribution is -0.143. The third-order valence-electron chi connectivity index (χ3n) is 4.73. The molecule has 0 saturated heterocycles. The molecule has 0 spiro atoms. The van der Waals surface area contributed by atoms with Gasteiger partial charge in [0, 0.05) is 17.4 Å². The van der Waals surface area contributed by atoms with Crippen molar-refractivity contribution in [3.63, 3.8) is 0 Å². The number of halogens is 2. The van der Waals surface area contributed by atoms with Gasteiger partial charge in [0.2, 0.25) is 5.91 Å². The van der Waals surface area contributed by atoms with Gasteiger partial charge in [-0.25, -0.2) is 9.18 Å². The van der Waals surface area contributed by atoms with Gasteiger partial charge in [0.15, 0.2) is 0 Å². The van der Waals surface area contributed by atoms with Crippen molar-refractivity contribution in [2.24, 2.45) is 5.92 Å². The van der Waals surface area contributed by atoms with Gasteiger partial charge < -0.3 is 10.4 Å². The molecule has 2 aromatic rings. The van der Waals surface area contributed by atoms with E-state index in [-0.39, 0.29) is 30.0 Å². The van der Waals surface area contributed by atoms with Crippen molar-refractivity contribution >= 4 is 23.5 Å². The van der Waals surface area contributed by atoms with Crippen LogP contribution in [-0.4, -0.2) is 23.0 Å². The summed E-state index contributed by atoms with van der Waals surface area (Å²) in [6, 6.07) is 12.1. The molecule has 1 amide bonds. The number of carbonyl (C=O) groups is 2. The van der Waals surface area contributed by atoms with E-state index in [2.05, 4.69) is 5.32 Å². The molecule has 2 N–H and O–H groups in total. The van der Waals surface area contributed by atoms with E-state index in [1.165, 1.54) is 12.1 Å². The van der Waals surface area contributed by atoms with Crippen LogP contribution in [0.5, 0.6) is 0 Å². The van der Waals surface area contributed by atoms with Gasteiger partial charge >= 0.3 is 5.97 Å². The summed E-state index contributed by atoms with van der Waals surface area (Å²) in [5.74, 6) is -2.31. The molecule has 144 valence electrons. The van der Waals surface area contributed by atoms with Gasteiger partial charge in [-0.1, -0.05) is 56.1 Å². The first kappa shape index (κ1) is 20.9. The average Bonchev–Trinajstić information content (AvgIpc) is 2.65. The minimum absolute atomic E-state index is 0.0491. The van der Waals surface area contributed by atoms with Crippen LogP contribution in [0.15, 0.2) is 48.5 Å². The second-order valence-electron chi connectivity index (χ2n) is 6.63. The number of rotatable bonds is 8. The van der Waals surface area contributed by atoms with Crippen LogP contribution in [0.1, 0.15) is 43.7 Å². The van der Waals surface area contributed by atoms with E-state index in [4.69, 9.17) is 11.6 Å². The fraction of sp³-hybridized carbons (Fsp3) is 0.333. The van der Waals surface area contributed by atoms with Gasteiger partial charge in [-0.3, -0.25) is 4.79 Å². The predicted octanol–water partition coefficient (Wildman–Crippen LogP) is 4.62. The Morgan fingerprint density at radius 2 is 1.59 bits per heavy atom. The van der Waals surface area contributed by atoms with E-state index in [1.54, 1.807) is 31.2 Å². The maximum atomic E-state index is 13.3. The number of amides is 1. The van der Waals surface area contributed by atoms with Crippen LogP contribution in [0.25, 0.3) is 0 Å². The Hall–Kier alpha value is -2.40. The zero-order valence-electron chi connectivity index (χ0n) is 15.3. The minimum Gasteiger partial charge on any atom is -0.480 e. The zero-order valence-corrected chi connectivity index (χ0v) is 16.0. The van der Waals surface area contributed by atoms with Crippen molar-refractivity contribution < 1.29 is 19.1 Å². The molecule has 0 fully saturated rings. The largest absolute Gasteiger partial charge is 0.480 e. The van der Waals surface area contributed by atoms with Crippen molar-refractivity contribution in [2.45, 2.75) is 38.6 Å². The molecule has 3 atom stereocenters. The molecule has 0 aliphatic heterocycles. The van der Waals surface area contributed by atoms with Crippen molar-refractivity contribution in [2.75, 3.05) is 0 Å². The van der Waals surface area contributed by atoms with E-state index in [0.29, 0.717) is 11.4 Å². The Morgan fingerprint density at radius 3 is 2.07 bits per heavy atom. The van der Waals surface area contributed by atoms with Crippen molar-refractivity contribution in [1.82, 2.24) is 5.32 Å². The number of carbonyl (C=O) groups excluding carboxylic acids is 1. The summed E-state index contributed by atoms with van der Waals surface area (Å²) in [4.78, 5) is 24.1. The molecule has 6 heteroatoms. The van der Waals surface area contributed by atoms with Crippen LogP contribution in [0.2, 0.25) is 5.02 Å². The lowest BCUT2D eigenvalue weighted by atomic mass is 9.88. The first-order valence-corrected chi connectivity index (χ1v) is 9.22. The van der Waals surface area contributed by atoms with Gasteiger partial charge in [0.1, 0.15) is 11.9 Å². The number of carboxylic acid groups (broad SMARTS) is 1. The van der Waals surface area contributed by atoms with Gasteiger partial charge in [-0.15, -0.1) is 0 Å². The molecule has 0 aromatic heterocycles. The molecule has 0 aliphatic rings. The molecule has 0 bridgehead atoms. The highest BCUT2D eigenvalue weighted by molar-refractivity contribution is 6.30. The summed E-state index contributed by atoms with van der Waals surface area (Å²) in [5.41, 5.74) is 1.61. The first-order valence-electron chi connectivity index (χ1n) is 8.85. The summed E-state index contributed by atoms with van der Waals surface area (Å²) in [7, 11) is 0. The maximum Gasteiger partial charge on any atom is 0.326 e. The summed E-state index contributed by atoms with van der Waals surface area (Å²) in [5, 5.41) is 12.6. The van der Waals surface area contributed by atoms with Gasteiger partial charge in [-0.2, -0.15) is 0 Å². The molecule has 4 nitrogen and oxygen atoms in total. The maximum absolute atomic E-state index is 13.3. The third kappa shape index (κ3) is 5.79. The van der Waals surface area contributed by atoms with Gasteiger partial charge in [0.05, 0.1) is 0 Å². The highest BCUT2D eigenvalue weighted by Crippen LogP contribution is 2.29. The number of hydrogen-bond donors (Lipinski definition) is 2. The summed E-state index contributed by atoms with van der Waals surface area (Å²) in [6.07, 6.45) is 0.684. The van der Waals surface area contributed by atoms with Crippen molar-refractivity contribution in [1.29, 1.82) is 0 Å². The van der Waals surface area contributed by atoms with Crippen LogP contribution in [-0.2, 0) is 9.59 Å². The summed E-state index contributed by atoms with van der Waals surface area (Å²) >= 11 is 5.95. The lowest BCUT2D eigenvalue weighted by Gasteiger charge is -2.23. The number of hydrogen-bond acceptors (Lipinski definition) is 2. The Labute approximate surface area is 163 Å². The van der Waals surface area contributed by atoms with E-state index < -0.39 is 12.0 Å². The first-order chi connectivity index (χ1) is 12.8. The SMILES string of the molecule is CC[C@H](C)[C@H](NC(=O)C[C@@H](c1ccc(F)cc1)c1ccc(Cl)cc1)C(=O)O. The van der Waals surface area contributed by atoms with Crippen LogP contribution >= 0.6 is 11.6 Å². The van der Waals surface area contributed by atoms with Crippen LogP contribution < -0.4 is 5.32 Å². The monoisotopic (exact) mass is 391 g/mol. The Kier molecular flexibility index (Phi) is 7.36.